The summed E-state index contributed by atoms with van der Waals surface area (Å²) >= 11 is 0. The average molecular weight is 994 g/mol. The van der Waals surface area contributed by atoms with E-state index < -0.39 is 0 Å². The molecular formula is C75H51N3. The maximum atomic E-state index is 5.61. The molecule has 3 heteroatoms. The van der Waals surface area contributed by atoms with Gasteiger partial charge in [0.15, 0.2) is 0 Å². The number of fused-ring (bicyclic) bond motifs is 7. The van der Waals surface area contributed by atoms with Crippen molar-refractivity contribution in [3.05, 3.63) is 308 Å². The predicted octanol–water partition coefficient (Wildman–Crippen LogP) is 19.6. The standard InChI is InChI=1S/C75H51N3/c1-5-16-50(17-6-1)54-28-30-56(31-29-54)63-48-69(58-34-32-55(33-35-58)51-18-7-2-8-19-51)76-75(49-63)78-73-42-37-60(53-22-11-4-12-23-53)45-67(73)68-47-62(39-43-74(68)78)61-38-41-72-66(46-61)65-44-59(52-20-9-3-10-21-52)36-40-71(65)77(72)70-27-15-25-57-24-13-14-26-64(57)70/h1-49,66,72H. The zero-order valence-electron chi connectivity index (χ0n) is 42.8. The van der Waals surface area contributed by atoms with Gasteiger partial charge in [-0.2, -0.15) is 0 Å². The molecule has 3 heterocycles. The van der Waals surface area contributed by atoms with Gasteiger partial charge in [0.05, 0.1) is 22.8 Å². The van der Waals surface area contributed by atoms with Crippen LogP contribution in [0.2, 0.25) is 0 Å². The summed E-state index contributed by atoms with van der Waals surface area (Å²) < 4.78 is 2.38. The number of nitrogens with zero attached hydrogens (tertiary/aromatic N) is 3. The molecule has 0 bridgehead atoms. The highest BCUT2D eigenvalue weighted by atomic mass is 15.2. The summed E-state index contributed by atoms with van der Waals surface area (Å²) in [6, 6.07) is 102. The van der Waals surface area contributed by atoms with Gasteiger partial charge in [0.2, 0.25) is 0 Å². The molecule has 13 aromatic rings. The fourth-order valence-corrected chi connectivity index (χ4v) is 12.3. The van der Waals surface area contributed by atoms with E-state index in [1.54, 1.807) is 0 Å². The molecule has 0 fully saturated rings. The number of rotatable bonds is 9. The number of hydrogen-bond acceptors (Lipinski definition) is 2. The number of anilines is 2. The molecule has 2 unspecified atom stereocenters. The molecule has 1 aliphatic heterocycles. The van der Waals surface area contributed by atoms with Crippen molar-refractivity contribution in [2.24, 2.45) is 0 Å². The minimum absolute atomic E-state index is 0.108. The number of allylic oxidation sites excluding steroid dienone is 2. The van der Waals surface area contributed by atoms with Crippen molar-refractivity contribution >= 4 is 49.5 Å². The summed E-state index contributed by atoms with van der Waals surface area (Å²) in [5.74, 6) is 0.991. The molecule has 3 nitrogen and oxygen atoms in total. The zero-order valence-corrected chi connectivity index (χ0v) is 42.8. The Balaban J connectivity index is 0.892. The van der Waals surface area contributed by atoms with E-state index in [1.165, 1.54) is 94.1 Å². The van der Waals surface area contributed by atoms with Crippen LogP contribution in [0.25, 0.3) is 111 Å². The van der Waals surface area contributed by atoms with Crippen LogP contribution in [0.15, 0.2) is 297 Å². The number of benzene rings is 11. The van der Waals surface area contributed by atoms with Gasteiger partial charge >= 0.3 is 0 Å². The monoisotopic (exact) mass is 993 g/mol. The van der Waals surface area contributed by atoms with E-state index in [-0.39, 0.29) is 12.0 Å². The van der Waals surface area contributed by atoms with Crippen LogP contribution in [0.4, 0.5) is 11.4 Å². The molecule has 78 heavy (non-hydrogen) atoms. The van der Waals surface area contributed by atoms with Crippen LogP contribution >= 0.6 is 0 Å². The van der Waals surface area contributed by atoms with Crippen LogP contribution in [-0.2, 0) is 0 Å². The SMILES string of the molecule is C1=CC2C(C=C1c1ccc3c(c1)c1cc(-c4ccccc4)ccc1n3-c1cc(-c3ccc(-c4ccccc4)cc3)cc(-c3ccc(-c4ccccc4)cc3)n1)c1cc(-c3ccccc3)ccc1N2c1cccc2ccccc12. The minimum atomic E-state index is 0.108. The lowest BCUT2D eigenvalue weighted by Crippen LogP contribution is -2.29. The van der Waals surface area contributed by atoms with Crippen LogP contribution < -0.4 is 4.90 Å². The largest absolute Gasteiger partial charge is 0.333 e. The third-order valence-electron chi connectivity index (χ3n) is 16.1. The molecule has 2 aromatic heterocycles. The lowest BCUT2D eigenvalue weighted by Gasteiger charge is -2.30. The lowest BCUT2D eigenvalue weighted by molar-refractivity contribution is 0.748. The van der Waals surface area contributed by atoms with Gasteiger partial charge in [-0.1, -0.05) is 243 Å². The second-order valence-corrected chi connectivity index (χ2v) is 20.7. The molecule has 0 spiro atoms. The Morgan fingerprint density at radius 2 is 0.795 bits per heavy atom. The van der Waals surface area contributed by atoms with Gasteiger partial charge in [-0.25, -0.2) is 4.98 Å². The van der Waals surface area contributed by atoms with Crippen LogP contribution in [0.5, 0.6) is 0 Å². The zero-order chi connectivity index (χ0) is 51.5. The van der Waals surface area contributed by atoms with Crippen LogP contribution in [0, 0.1) is 0 Å². The number of aromatic nitrogens is 2. The van der Waals surface area contributed by atoms with Crippen LogP contribution in [0.1, 0.15) is 17.0 Å². The molecule has 11 aromatic carbocycles. The molecule has 0 amide bonds. The smallest absolute Gasteiger partial charge is 0.138 e. The molecule has 0 saturated carbocycles. The van der Waals surface area contributed by atoms with Gasteiger partial charge in [0.1, 0.15) is 5.82 Å². The molecule has 366 valence electrons. The fourth-order valence-electron chi connectivity index (χ4n) is 12.3. The lowest BCUT2D eigenvalue weighted by atomic mass is 9.85. The van der Waals surface area contributed by atoms with E-state index in [4.69, 9.17) is 4.98 Å². The van der Waals surface area contributed by atoms with E-state index in [0.717, 1.165) is 39.2 Å². The van der Waals surface area contributed by atoms with Gasteiger partial charge < -0.3 is 4.90 Å². The van der Waals surface area contributed by atoms with Gasteiger partial charge in [0.25, 0.3) is 0 Å². The van der Waals surface area contributed by atoms with E-state index in [0.29, 0.717) is 0 Å². The van der Waals surface area contributed by atoms with Crippen molar-refractivity contribution in [1.29, 1.82) is 0 Å². The fraction of sp³-hybridized carbons (Fsp3) is 0.0267. The van der Waals surface area contributed by atoms with Gasteiger partial charge in [-0.3, -0.25) is 4.57 Å². The van der Waals surface area contributed by atoms with Crippen molar-refractivity contribution in [3.8, 4) is 72.7 Å². The maximum Gasteiger partial charge on any atom is 0.138 e. The first-order valence-electron chi connectivity index (χ1n) is 27.0. The first-order chi connectivity index (χ1) is 38.6. The highest BCUT2D eigenvalue weighted by Crippen LogP contribution is 2.52. The Morgan fingerprint density at radius 3 is 1.42 bits per heavy atom. The highest BCUT2D eigenvalue weighted by Gasteiger charge is 2.39. The van der Waals surface area contributed by atoms with Crippen LogP contribution in [0.3, 0.4) is 0 Å². The molecule has 0 N–H and O–H groups in total. The molecule has 0 saturated heterocycles. The Bertz CT molecular complexity index is 4350. The average Bonchev–Trinajstić information content (AvgIpc) is 4.06. The summed E-state index contributed by atoms with van der Waals surface area (Å²) in [5.41, 5.74) is 22.2. The third-order valence-corrected chi connectivity index (χ3v) is 16.1. The first-order valence-corrected chi connectivity index (χ1v) is 27.0. The van der Waals surface area contributed by atoms with Crippen molar-refractivity contribution in [2.75, 3.05) is 4.90 Å². The van der Waals surface area contributed by atoms with Crippen molar-refractivity contribution in [1.82, 2.24) is 9.55 Å². The van der Waals surface area contributed by atoms with E-state index in [2.05, 4.69) is 307 Å². The minimum Gasteiger partial charge on any atom is -0.333 e. The Morgan fingerprint density at radius 1 is 0.321 bits per heavy atom. The topological polar surface area (TPSA) is 21.1 Å². The molecule has 15 rings (SSSR count). The van der Waals surface area contributed by atoms with Crippen LogP contribution in [-0.4, -0.2) is 15.6 Å². The number of hydrogen-bond donors (Lipinski definition) is 0. The van der Waals surface area contributed by atoms with Crippen molar-refractivity contribution in [3.63, 3.8) is 0 Å². The van der Waals surface area contributed by atoms with Crippen molar-refractivity contribution in [2.45, 2.75) is 12.0 Å². The summed E-state index contributed by atoms with van der Waals surface area (Å²) in [7, 11) is 0. The third kappa shape index (κ3) is 7.95. The molecule has 2 aliphatic rings. The van der Waals surface area contributed by atoms with E-state index >= 15 is 0 Å². The highest BCUT2D eigenvalue weighted by molar-refractivity contribution is 6.11. The van der Waals surface area contributed by atoms with E-state index in [1.807, 2.05) is 0 Å². The van der Waals surface area contributed by atoms with Crippen molar-refractivity contribution < 1.29 is 0 Å². The Labute approximate surface area is 454 Å². The summed E-state index contributed by atoms with van der Waals surface area (Å²) in [6.07, 6.45) is 7.34. The Hall–Kier alpha value is -10.1. The predicted molar refractivity (Wildman–Crippen MR) is 327 cm³/mol. The number of pyridine rings is 1. The maximum absolute atomic E-state index is 5.61. The van der Waals surface area contributed by atoms with E-state index in [9.17, 15) is 0 Å². The summed E-state index contributed by atoms with van der Waals surface area (Å²) in [5, 5.41) is 4.86. The summed E-state index contributed by atoms with van der Waals surface area (Å²) in [6.45, 7) is 0. The summed E-state index contributed by atoms with van der Waals surface area (Å²) in [4.78, 5) is 8.18. The first kappa shape index (κ1) is 45.3. The van der Waals surface area contributed by atoms with Gasteiger partial charge in [-0.05, 0) is 132 Å². The Kier molecular flexibility index (Phi) is 11.0. The van der Waals surface area contributed by atoms with Gasteiger partial charge in [-0.15, -0.1) is 0 Å². The normalized spacial score (nSPS) is 14.7. The molecule has 0 radical (unpaired) electrons. The quantitative estimate of drug-likeness (QED) is 0.144. The molecule has 2 atom stereocenters. The second kappa shape index (κ2) is 18.9. The van der Waals surface area contributed by atoms with Gasteiger partial charge in [0, 0.05) is 39.0 Å². The molecule has 1 aliphatic carbocycles. The molecular weight excluding hydrogens is 943 g/mol. The second-order valence-electron chi connectivity index (χ2n) is 20.7.